The number of halogens is 1. The maximum absolute atomic E-state index is 12.6. The fraction of sp³-hybridized carbons (Fsp3) is 0.455. The number of methoxy groups -OCH3 is 1. The Morgan fingerprint density at radius 3 is 2.62 bits per heavy atom. The first-order chi connectivity index (χ1) is 9.77. The van der Waals surface area contributed by atoms with Crippen LogP contribution in [0.1, 0.15) is 22.5 Å². The molecule has 10 heteroatoms. The highest BCUT2D eigenvalue weighted by molar-refractivity contribution is 9.11. The van der Waals surface area contributed by atoms with E-state index in [1.165, 1.54) is 13.2 Å². The molecular formula is C11H12BrNO6S2. The number of aliphatic carboxylic acids is 1. The molecule has 1 aromatic heterocycles. The van der Waals surface area contributed by atoms with Crippen molar-refractivity contribution >= 4 is 49.2 Å². The number of sulfonamides is 1. The Labute approximate surface area is 133 Å². The van der Waals surface area contributed by atoms with Crippen LogP contribution in [0.4, 0.5) is 0 Å². The average Bonchev–Trinajstić information content (AvgIpc) is 3.16. The minimum atomic E-state index is -3.98. The van der Waals surface area contributed by atoms with Crippen molar-refractivity contribution in [2.24, 2.45) is 0 Å². The van der Waals surface area contributed by atoms with Crippen molar-refractivity contribution in [2.75, 3.05) is 13.7 Å². The zero-order chi connectivity index (χ0) is 15.8. The fourth-order valence-corrected chi connectivity index (χ4v) is 5.83. The second-order valence-corrected chi connectivity index (χ2v) is 8.64. The van der Waals surface area contributed by atoms with Gasteiger partial charge >= 0.3 is 11.9 Å². The summed E-state index contributed by atoms with van der Waals surface area (Å²) in [5, 5.41) is 8.88. The minimum absolute atomic E-state index is 0.110. The van der Waals surface area contributed by atoms with E-state index in [0.29, 0.717) is 12.8 Å². The summed E-state index contributed by atoms with van der Waals surface area (Å²) >= 11 is 4.04. The Balaban J connectivity index is 2.40. The largest absolute Gasteiger partial charge is 0.480 e. The van der Waals surface area contributed by atoms with Crippen LogP contribution in [0.15, 0.2) is 14.7 Å². The zero-order valence-corrected chi connectivity index (χ0v) is 14.1. The number of ether oxygens (including phenoxy) is 1. The van der Waals surface area contributed by atoms with Crippen LogP contribution in [0.25, 0.3) is 0 Å². The molecule has 0 aromatic carbocycles. The summed E-state index contributed by atoms with van der Waals surface area (Å²) in [6.45, 7) is -0.594. The van der Waals surface area contributed by atoms with E-state index >= 15 is 0 Å². The number of nitrogens with zero attached hydrogens (tertiary/aromatic N) is 1. The highest BCUT2D eigenvalue weighted by atomic mass is 79.9. The predicted octanol–water partition coefficient (Wildman–Crippen LogP) is 1.53. The topological polar surface area (TPSA) is 101 Å². The van der Waals surface area contributed by atoms with E-state index in [4.69, 9.17) is 5.11 Å². The number of thiophene rings is 1. The second-order valence-electron chi connectivity index (χ2n) is 4.42. The van der Waals surface area contributed by atoms with Crippen LogP contribution in [-0.2, 0) is 19.6 Å². The van der Waals surface area contributed by atoms with E-state index in [1.807, 2.05) is 0 Å². The maximum atomic E-state index is 12.6. The molecule has 0 radical (unpaired) electrons. The third kappa shape index (κ3) is 3.44. The lowest BCUT2D eigenvalue weighted by atomic mass is 10.5. The van der Waals surface area contributed by atoms with Gasteiger partial charge in [-0.1, -0.05) is 0 Å². The van der Waals surface area contributed by atoms with Gasteiger partial charge in [0.2, 0.25) is 10.0 Å². The first-order valence-electron chi connectivity index (χ1n) is 5.88. The molecule has 2 rings (SSSR count). The number of rotatable bonds is 6. The van der Waals surface area contributed by atoms with Gasteiger partial charge in [-0.25, -0.2) is 13.2 Å². The Bertz CT molecular complexity index is 679. The molecule has 1 saturated carbocycles. The third-order valence-corrected chi connectivity index (χ3v) is 7.00. The number of esters is 1. The number of carboxylic acid groups (broad SMARTS) is 1. The second kappa shape index (κ2) is 6.03. The van der Waals surface area contributed by atoms with Crippen LogP contribution in [0.5, 0.6) is 0 Å². The predicted molar refractivity (Wildman–Crippen MR) is 77.9 cm³/mol. The standard InChI is InChI=1S/C11H12BrNO6S2/c1-19-11(16)7-4-8(10(12)20-7)21(17,18)13(5-9(14)15)6-2-3-6/h4,6H,2-3,5H2,1H3,(H,14,15). The Kier molecular flexibility index (Phi) is 4.71. The number of hydrogen-bond donors (Lipinski definition) is 1. The van der Waals surface area contributed by atoms with E-state index in [9.17, 15) is 18.0 Å². The molecule has 1 aliphatic rings. The fourth-order valence-electron chi connectivity index (χ4n) is 1.76. The Hall–Kier alpha value is -0.970. The first kappa shape index (κ1) is 16.4. The van der Waals surface area contributed by atoms with Gasteiger partial charge in [0.1, 0.15) is 16.3 Å². The summed E-state index contributed by atoms with van der Waals surface area (Å²) in [7, 11) is -2.78. The van der Waals surface area contributed by atoms with Gasteiger partial charge in [-0.15, -0.1) is 11.3 Å². The molecule has 0 bridgehead atoms. The van der Waals surface area contributed by atoms with Crippen molar-refractivity contribution in [3.63, 3.8) is 0 Å². The van der Waals surface area contributed by atoms with Crippen molar-refractivity contribution in [1.82, 2.24) is 4.31 Å². The van der Waals surface area contributed by atoms with E-state index < -0.39 is 28.5 Å². The van der Waals surface area contributed by atoms with Gasteiger partial charge in [0, 0.05) is 6.04 Å². The molecule has 7 nitrogen and oxygen atoms in total. The number of carboxylic acids is 1. The summed E-state index contributed by atoms with van der Waals surface area (Å²) < 4.78 is 30.9. The smallest absolute Gasteiger partial charge is 0.348 e. The Morgan fingerprint density at radius 2 is 2.14 bits per heavy atom. The Morgan fingerprint density at radius 1 is 1.52 bits per heavy atom. The van der Waals surface area contributed by atoms with Crippen LogP contribution < -0.4 is 0 Å². The number of carbonyl (C=O) groups excluding carboxylic acids is 1. The maximum Gasteiger partial charge on any atom is 0.348 e. The molecule has 21 heavy (non-hydrogen) atoms. The van der Waals surface area contributed by atoms with Crippen LogP contribution in [0, 0.1) is 0 Å². The third-order valence-electron chi connectivity index (χ3n) is 2.87. The van der Waals surface area contributed by atoms with E-state index in [-0.39, 0.29) is 19.6 Å². The molecule has 0 saturated heterocycles. The van der Waals surface area contributed by atoms with Crippen molar-refractivity contribution in [2.45, 2.75) is 23.8 Å². The molecule has 1 aromatic rings. The van der Waals surface area contributed by atoms with E-state index in [0.717, 1.165) is 15.6 Å². The molecule has 1 fully saturated rings. The van der Waals surface area contributed by atoms with Gasteiger partial charge < -0.3 is 9.84 Å². The van der Waals surface area contributed by atoms with Crippen LogP contribution in [0.3, 0.4) is 0 Å². The van der Waals surface area contributed by atoms with E-state index in [2.05, 4.69) is 20.7 Å². The normalized spacial score (nSPS) is 15.2. The van der Waals surface area contributed by atoms with Gasteiger partial charge in [-0.3, -0.25) is 4.79 Å². The highest BCUT2D eigenvalue weighted by Gasteiger charge is 2.40. The lowest BCUT2D eigenvalue weighted by Crippen LogP contribution is -2.37. The summed E-state index contributed by atoms with van der Waals surface area (Å²) in [4.78, 5) is 22.4. The van der Waals surface area contributed by atoms with Crippen molar-refractivity contribution in [1.29, 1.82) is 0 Å². The highest BCUT2D eigenvalue weighted by Crippen LogP contribution is 2.38. The quantitative estimate of drug-likeness (QED) is 0.730. The van der Waals surface area contributed by atoms with Crippen molar-refractivity contribution < 1.29 is 27.9 Å². The molecule has 0 amide bonds. The molecule has 0 atom stereocenters. The van der Waals surface area contributed by atoms with Crippen molar-refractivity contribution in [3.8, 4) is 0 Å². The van der Waals surface area contributed by atoms with E-state index in [1.54, 1.807) is 0 Å². The summed E-state index contributed by atoms with van der Waals surface area (Å²) in [6, 6.07) is 0.909. The first-order valence-corrected chi connectivity index (χ1v) is 8.93. The number of hydrogen-bond acceptors (Lipinski definition) is 6. The molecule has 0 spiro atoms. The van der Waals surface area contributed by atoms with Gasteiger partial charge in [-0.2, -0.15) is 4.31 Å². The monoisotopic (exact) mass is 397 g/mol. The number of carbonyl (C=O) groups is 2. The summed E-state index contributed by atoms with van der Waals surface area (Å²) in [6.07, 6.45) is 1.27. The molecule has 116 valence electrons. The van der Waals surface area contributed by atoms with Gasteiger partial charge in [0.15, 0.2) is 0 Å². The summed E-state index contributed by atoms with van der Waals surface area (Å²) in [5.74, 6) is -1.86. The van der Waals surface area contributed by atoms with Gasteiger partial charge in [-0.05, 0) is 34.8 Å². The zero-order valence-electron chi connectivity index (χ0n) is 10.9. The molecular weight excluding hydrogens is 386 g/mol. The lowest BCUT2D eigenvalue weighted by Gasteiger charge is -2.19. The molecule has 0 aliphatic heterocycles. The molecule has 1 N–H and O–H groups in total. The minimum Gasteiger partial charge on any atom is -0.480 e. The molecule has 1 aliphatic carbocycles. The lowest BCUT2D eigenvalue weighted by molar-refractivity contribution is -0.137. The van der Waals surface area contributed by atoms with Crippen molar-refractivity contribution in [3.05, 3.63) is 14.7 Å². The van der Waals surface area contributed by atoms with Crippen LogP contribution in [0.2, 0.25) is 0 Å². The summed E-state index contributed by atoms with van der Waals surface area (Å²) in [5.41, 5.74) is 0. The van der Waals surface area contributed by atoms with Crippen LogP contribution >= 0.6 is 27.3 Å². The van der Waals surface area contributed by atoms with Crippen LogP contribution in [-0.4, -0.2) is 49.5 Å². The SMILES string of the molecule is COC(=O)c1cc(S(=O)(=O)N(CC(=O)O)C2CC2)c(Br)s1. The average molecular weight is 398 g/mol. The molecule has 1 heterocycles. The van der Waals surface area contributed by atoms with Gasteiger partial charge in [0.25, 0.3) is 0 Å². The molecule has 0 unspecified atom stereocenters. The van der Waals surface area contributed by atoms with Gasteiger partial charge in [0.05, 0.1) is 10.9 Å².